The molecule has 1 amide bonds. The topological polar surface area (TPSA) is 88.3 Å². The Hall–Kier alpha value is -1.80. The zero-order valence-electron chi connectivity index (χ0n) is 14.4. The third-order valence-electron chi connectivity index (χ3n) is 3.90. The van der Waals surface area contributed by atoms with E-state index in [1.807, 2.05) is 6.92 Å². The fourth-order valence-corrected chi connectivity index (χ4v) is 2.85. The van der Waals surface area contributed by atoms with Gasteiger partial charge in [0.25, 0.3) is 5.91 Å². The van der Waals surface area contributed by atoms with Crippen LogP contribution in [0.25, 0.3) is 0 Å². The summed E-state index contributed by atoms with van der Waals surface area (Å²) in [5.74, 6) is 0.248. The second kappa shape index (κ2) is 9.78. The van der Waals surface area contributed by atoms with Gasteiger partial charge in [-0.1, -0.05) is 11.6 Å². The van der Waals surface area contributed by atoms with Crippen molar-refractivity contribution in [3.63, 3.8) is 0 Å². The van der Waals surface area contributed by atoms with Crippen LogP contribution in [0.4, 0.5) is 5.69 Å². The molecule has 0 spiro atoms. The van der Waals surface area contributed by atoms with E-state index in [1.54, 1.807) is 18.2 Å². The molecule has 0 bridgehead atoms. The lowest BCUT2D eigenvalue weighted by atomic mass is 10.1. The van der Waals surface area contributed by atoms with Crippen LogP contribution in [0.15, 0.2) is 18.2 Å². The highest BCUT2D eigenvalue weighted by atomic mass is 35.5. The maximum absolute atomic E-state index is 12.6. The van der Waals surface area contributed by atoms with Gasteiger partial charge in [0, 0.05) is 42.4 Å². The summed E-state index contributed by atoms with van der Waals surface area (Å²) in [5.41, 5.74) is 2.81. The zero-order valence-corrected chi connectivity index (χ0v) is 16.0. The number of amides is 1. The fourth-order valence-electron chi connectivity index (χ4n) is 2.68. The first-order valence-electron chi connectivity index (χ1n) is 8.27. The summed E-state index contributed by atoms with van der Waals surface area (Å²) in [6.45, 7) is 4.93. The minimum Gasteiger partial charge on any atom is -0.489 e. The average Bonchev–Trinajstić information content (AvgIpc) is 3.04. The van der Waals surface area contributed by atoms with Gasteiger partial charge in [0.1, 0.15) is 12.4 Å². The van der Waals surface area contributed by atoms with E-state index in [0.717, 1.165) is 24.2 Å². The van der Waals surface area contributed by atoms with E-state index >= 15 is 0 Å². The van der Waals surface area contributed by atoms with Crippen molar-refractivity contribution in [2.24, 2.45) is 0 Å². The molecule has 2 aromatic rings. The standard InChI is InChI=1S/C17H21ClN4O3.ClH/c1-2-24-7-8-25-15-4-3-11(18)9-14(15)20-17(23)16-12-10-19-6-5-13(12)21-22-16;/h3-4,9,19H,2,5-8,10H2,1H3,(H,20,23)(H,21,22);1H. The van der Waals surface area contributed by atoms with Crippen LogP contribution >= 0.6 is 24.0 Å². The Morgan fingerprint density at radius 2 is 2.23 bits per heavy atom. The van der Waals surface area contributed by atoms with Gasteiger partial charge in [0.2, 0.25) is 0 Å². The lowest BCUT2D eigenvalue weighted by Gasteiger charge is -2.14. The number of H-pyrrole nitrogens is 1. The number of nitrogens with one attached hydrogen (secondary N) is 3. The van der Waals surface area contributed by atoms with Crippen LogP contribution in [0.3, 0.4) is 0 Å². The van der Waals surface area contributed by atoms with Gasteiger partial charge in [-0.2, -0.15) is 5.10 Å². The van der Waals surface area contributed by atoms with Gasteiger partial charge in [-0.25, -0.2) is 0 Å². The van der Waals surface area contributed by atoms with Crippen molar-refractivity contribution in [3.05, 3.63) is 40.2 Å². The molecule has 0 unspecified atom stereocenters. The number of aromatic amines is 1. The summed E-state index contributed by atoms with van der Waals surface area (Å²) in [6, 6.07) is 5.10. The summed E-state index contributed by atoms with van der Waals surface area (Å²) in [6.07, 6.45) is 0.832. The van der Waals surface area contributed by atoms with Crippen LogP contribution in [0.1, 0.15) is 28.7 Å². The van der Waals surface area contributed by atoms with E-state index in [2.05, 4.69) is 20.8 Å². The van der Waals surface area contributed by atoms with Gasteiger partial charge in [0.15, 0.2) is 5.69 Å². The van der Waals surface area contributed by atoms with Crippen molar-refractivity contribution in [2.75, 3.05) is 31.7 Å². The fraction of sp³-hybridized carbons (Fsp3) is 0.412. The molecule has 142 valence electrons. The highest BCUT2D eigenvalue weighted by molar-refractivity contribution is 6.31. The van der Waals surface area contributed by atoms with Crippen molar-refractivity contribution in [1.29, 1.82) is 0 Å². The van der Waals surface area contributed by atoms with E-state index < -0.39 is 0 Å². The molecule has 1 aromatic heterocycles. The van der Waals surface area contributed by atoms with Crippen LogP contribution in [-0.2, 0) is 17.7 Å². The molecule has 1 aromatic carbocycles. The van der Waals surface area contributed by atoms with Gasteiger partial charge < -0.3 is 20.1 Å². The molecule has 9 heteroatoms. The molecule has 0 aliphatic carbocycles. The number of benzene rings is 1. The first-order chi connectivity index (χ1) is 12.2. The molecule has 26 heavy (non-hydrogen) atoms. The number of aromatic nitrogens is 2. The number of carbonyl (C=O) groups excluding carboxylic acids is 1. The van der Waals surface area contributed by atoms with Crippen molar-refractivity contribution in [2.45, 2.75) is 19.9 Å². The number of nitrogens with zero attached hydrogens (tertiary/aromatic N) is 1. The number of fused-ring (bicyclic) bond motifs is 1. The summed E-state index contributed by atoms with van der Waals surface area (Å²) >= 11 is 6.06. The first kappa shape index (κ1) is 20.5. The Kier molecular flexibility index (Phi) is 7.71. The van der Waals surface area contributed by atoms with Crippen molar-refractivity contribution >= 4 is 35.6 Å². The Bertz CT molecular complexity index is 752. The molecule has 0 atom stereocenters. The SMILES string of the molecule is CCOCCOc1ccc(Cl)cc1NC(=O)c1n[nH]c2c1CNCC2.Cl. The maximum Gasteiger partial charge on any atom is 0.276 e. The molecule has 3 N–H and O–H groups in total. The molecule has 0 fully saturated rings. The largest absolute Gasteiger partial charge is 0.489 e. The zero-order chi connectivity index (χ0) is 17.6. The molecule has 0 saturated heterocycles. The second-order valence-electron chi connectivity index (χ2n) is 5.60. The number of hydrogen-bond acceptors (Lipinski definition) is 5. The minimum absolute atomic E-state index is 0. The van der Waals surface area contributed by atoms with Crippen LogP contribution in [0, 0.1) is 0 Å². The number of ether oxygens (including phenoxy) is 2. The summed E-state index contributed by atoms with van der Waals surface area (Å²) in [7, 11) is 0. The van der Waals surface area contributed by atoms with Gasteiger partial charge in [0.05, 0.1) is 12.3 Å². The quantitative estimate of drug-likeness (QED) is 0.621. The second-order valence-corrected chi connectivity index (χ2v) is 6.03. The summed E-state index contributed by atoms with van der Waals surface area (Å²) in [4.78, 5) is 12.6. The normalized spacial score (nSPS) is 12.8. The Morgan fingerprint density at radius 3 is 3.04 bits per heavy atom. The van der Waals surface area contributed by atoms with Crippen molar-refractivity contribution < 1.29 is 14.3 Å². The van der Waals surface area contributed by atoms with E-state index in [1.165, 1.54) is 0 Å². The van der Waals surface area contributed by atoms with E-state index in [4.69, 9.17) is 21.1 Å². The predicted octanol–water partition coefficient (Wildman–Crippen LogP) is 2.80. The molecular formula is C17H22Cl2N4O3. The smallest absolute Gasteiger partial charge is 0.276 e. The molecule has 0 saturated carbocycles. The molecule has 0 radical (unpaired) electrons. The Balaban J connectivity index is 0.00000243. The van der Waals surface area contributed by atoms with Gasteiger partial charge in [-0.15, -0.1) is 12.4 Å². The summed E-state index contributed by atoms with van der Waals surface area (Å²) < 4.78 is 10.9. The van der Waals surface area contributed by atoms with E-state index in [9.17, 15) is 4.79 Å². The van der Waals surface area contributed by atoms with E-state index in [-0.39, 0.29) is 18.3 Å². The van der Waals surface area contributed by atoms with Crippen LogP contribution in [0.2, 0.25) is 5.02 Å². The third-order valence-corrected chi connectivity index (χ3v) is 4.14. The number of anilines is 1. The number of hydrogen-bond donors (Lipinski definition) is 3. The van der Waals surface area contributed by atoms with Gasteiger partial charge in [-0.3, -0.25) is 9.89 Å². The van der Waals surface area contributed by atoms with Gasteiger partial charge in [-0.05, 0) is 25.1 Å². The highest BCUT2D eigenvalue weighted by Crippen LogP contribution is 2.29. The lowest BCUT2D eigenvalue weighted by molar-refractivity contribution is 0.101. The summed E-state index contributed by atoms with van der Waals surface area (Å²) in [5, 5.41) is 13.7. The van der Waals surface area contributed by atoms with Crippen LogP contribution in [-0.4, -0.2) is 42.5 Å². The molecule has 1 aliphatic rings. The minimum atomic E-state index is -0.293. The maximum atomic E-state index is 12.6. The molecule has 2 heterocycles. The Morgan fingerprint density at radius 1 is 1.38 bits per heavy atom. The van der Waals surface area contributed by atoms with Crippen LogP contribution in [0.5, 0.6) is 5.75 Å². The number of carbonyl (C=O) groups is 1. The van der Waals surface area contributed by atoms with Gasteiger partial charge >= 0.3 is 0 Å². The van der Waals surface area contributed by atoms with Crippen molar-refractivity contribution in [3.8, 4) is 5.75 Å². The monoisotopic (exact) mass is 400 g/mol. The molecule has 7 nitrogen and oxygen atoms in total. The molecule has 1 aliphatic heterocycles. The third kappa shape index (κ3) is 4.88. The lowest BCUT2D eigenvalue weighted by Crippen LogP contribution is -2.25. The number of halogens is 2. The first-order valence-corrected chi connectivity index (χ1v) is 8.65. The van der Waals surface area contributed by atoms with Crippen LogP contribution < -0.4 is 15.4 Å². The molecule has 3 rings (SSSR count). The van der Waals surface area contributed by atoms with E-state index in [0.29, 0.717) is 48.5 Å². The molecular weight excluding hydrogens is 379 g/mol. The van der Waals surface area contributed by atoms with Crippen molar-refractivity contribution in [1.82, 2.24) is 15.5 Å². The predicted molar refractivity (Wildman–Crippen MR) is 103 cm³/mol. The highest BCUT2D eigenvalue weighted by Gasteiger charge is 2.22. The Labute approximate surface area is 163 Å². The number of rotatable bonds is 7. The average molecular weight is 401 g/mol.